The summed E-state index contributed by atoms with van der Waals surface area (Å²) in [6.45, 7) is 10.4. The Morgan fingerprint density at radius 3 is 2.52 bits per heavy atom. The van der Waals surface area contributed by atoms with Crippen LogP contribution in [0.1, 0.15) is 68.2 Å². The number of nitrogens with two attached hydrogens (primary N) is 1. The fraction of sp³-hybridized carbons (Fsp3) is 0.343. The van der Waals surface area contributed by atoms with E-state index >= 15 is 0 Å². The van der Waals surface area contributed by atoms with Crippen molar-refractivity contribution in [2.45, 2.75) is 57.4 Å². The first-order valence-electron chi connectivity index (χ1n) is 14.7. The third-order valence-corrected chi connectivity index (χ3v) is 9.43. The molecule has 0 saturated carbocycles. The standard InChI is InChI=1S/C35H37FN4O4/c1-19-13-21-14-22(15-26(43-6)28(21)40-33(19,2)3)31(41)38-17-34(4,23-9-10-23)27-16-25-30(44-18-35(25,5)32(37)42)29(39-27)20-7-11-24(36)12-8-20/h7-9,11-16,40H,10,17-18H2,1-6H3,(H2,37,42)(H,38,41)/t34-,35-/m0/s1. The first-order valence-corrected chi connectivity index (χ1v) is 14.7. The maximum Gasteiger partial charge on any atom is 0.251 e. The highest BCUT2D eigenvalue weighted by Gasteiger charge is 2.46. The Balaban J connectivity index is 1.37. The van der Waals surface area contributed by atoms with E-state index in [1.54, 1.807) is 32.2 Å². The predicted molar refractivity (Wildman–Crippen MR) is 168 cm³/mol. The lowest BCUT2D eigenvalue weighted by Gasteiger charge is -2.34. The molecule has 0 spiro atoms. The number of amides is 2. The van der Waals surface area contributed by atoms with E-state index in [9.17, 15) is 14.0 Å². The van der Waals surface area contributed by atoms with E-state index in [1.165, 1.54) is 12.1 Å². The van der Waals surface area contributed by atoms with Crippen LogP contribution in [-0.4, -0.2) is 42.6 Å². The molecule has 0 fully saturated rings. The molecular weight excluding hydrogens is 559 g/mol. The summed E-state index contributed by atoms with van der Waals surface area (Å²) < 4.78 is 25.5. The number of allylic oxidation sites excluding steroid dienone is 1. The zero-order valence-electron chi connectivity index (χ0n) is 25.9. The number of carbonyl (C=O) groups excluding carboxylic acids is 2. The molecule has 8 nitrogen and oxygen atoms in total. The van der Waals surface area contributed by atoms with Crippen LogP contribution in [0.5, 0.6) is 11.5 Å². The molecular formula is C35H37FN4O4. The summed E-state index contributed by atoms with van der Waals surface area (Å²) in [6, 6.07) is 11.5. The molecule has 1 aromatic heterocycles. The van der Waals surface area contributed by atoms with E-state index in [4.69, 9.17) is 20.2 Å². The van der Waals surface area contributed by atoms with Crippen LogP contribution in [0, 0.1) is 5.82 Å². The summed E-state index contributed by atoms with van der Waals surface area (Å²) in [5.41, 5.74) is 10.8. The number of rotatable bonds is 8. The van der Waals surface area contributed by atoms with Crippen molar-refractivity contribution in [3.8, 4) is 22.8 Å². The number of benzene rings is 2. The number of nitrogens with one attached hydrogen (secondary N) is 2. The second kappa shape index (κ2) is 10.2. The van der Waals surface area contributed by atoms with Gasteiger partial charge in [0.25, 0.3) is 5.91 Å². The Bertz CT molecular complexity index is 1780. The fourth-order valence-electron chi connectivity index (χ4n) is 5.90. The average Bonchev–Trinajstić information content (AvgIpc) is 3.79. The largest absolute Gasteiger partial charge is 0.495 e. The van der Waals surface area contributed by atoms with E-state index in [0.717, 1.165) is 28.8 Å². The van der Waals surface area contributed by atoms with Gasteiger partial charge in [-0.3, -0.25) is 9.59 Å². The van der Waals surface area contributed by atoms with Crippen molar-refractivity contribution >= 4 is 23.6 Å². The minimum atomic E-state index is -1.07. The molecule has 0 radical (unpaired) electrons. The van der Waals surface area contributed by atoms with Crippen molar-refractivity contribution < 1.29 is 23.5 Å². The van der Waals surface area contributed by atoms with Crippen molar-refractivity contribution in [2.75, 3.05) is 25.6 Å². The number of ether oxygens (including phenoxy) is 2. The second-order valence-corrected chi connectivity index (χ2v) is 12.9. The van der Waals surface area contributed by atoms with Gasteiger partial charge in [-0.25, -0.2) is 9.37 Å². The Morgan fingerprint density at radius 1 is 1.18 bits per heavy atom. The van der Waals surface area contributed by atoms with Crippen molar-refractivity contribution in [1.29, 1.82) is 0 Å². The van der Waals surface area contributed by atoms with Crippen molar-refractivity contribution in [3.05, 3.63) is 87.9 Å². The number of methoxy groups -OCH3 is 1. The number of nitrogens with zero attached hydrogens (tertiary/aromatic N) is 1. The topological polar surface area (TPSA) is 116 Å². The number of carbonyl (C=O) groups is 2. The molecule has 2 atom stereocenters. The lowest BCUT2D eigenvalue weighted by molar-refractivity contribution is -0.123. The molecule has 1 aliphatic carbocycles. The number of aromatic nitrogens is 1. The monoisotopic (exact) mass is 596 g/mol. The van der Waals surface area contributed by atoms with Gasteiger partial charge in [0.1, 0.15) is 35.0 Å². The highest BCUT2D eigenvalue weighted by atomic mass is 19.1. The van der Waals surface area contributed by atoms with Gasteiger partial charge in [0.2, 0.25) is 5.91 Å². The molecule has 3 aliphatic rings. The summed E-state index contributed by atoms with van der Waals surface area (Å²) in [6.07, 6.45) is 4.96. The summed E-state index contributed by atoms with van der Waals surface area (Å²) in [7, 11) is 1.59. The second-order valence-electron chi connectivity index (χ2n) is 12.9. The molecule has 0 saturated heterocycles. The van der Waals surface area contributed by atoms with Gasteiger partial charge < -0.3 is 25.8 Å². The molecule has 2 amide bonds. The summed E-state index contributed by atoms with van der Waals surface area (Å²) >= 11 is 0. The summed E-state index contributed by atoms with van der Waals surface area (Å²) in [4.78, 5) is 31.3. The molecule has 4 N–H and O–H groups in total. The summed E-state index contributed by atoms with van der Waals surface area (Å²) in [5.74, 6) is -0.0856. The maximum absolute atomic E-state index is 13.8. The minimum absolute atomic E-state index is 0.0766. The normalized spacial score (nSPS) is 20.5. The zero-order chi connectivity index (χ0) is 31.6. The van der Waals surface area contributed by atoms with Crippen LogP contribution in [-0.2, 0) is 15.6 Å². The Labute approximate surface area is 256 Å². The Hall–Kier alpha value is -4.66. The van der Waals surface area contributed by atoms with Crippen LogP contribution in [0.4, 0.5) is 10.1 Å². The lowest BCUT2D eigenvalue weighted by atomic mass is 9.78. The number of hydrogen-bond donors (Lipinski definition) is 3. The number of fused-ring (bicyclic) bond motifs is 2. The highest BCUT2D eigenvalue weighted by molar-refractivity contribution is 5.97. The molecule has 0 unspecified atom stereocenters. The van der Waals surface area contributed by atoms with Gasteiger partial charge in [0, 0.05) is 34.2 Å². The molecule has 0 bridgehead atoms. The van der Waals surface area contributed by atoms with Crippen LogP contribution in [0.2, 0.25) is 0 Å². The van der Waals surface area contributed by atoms with Gasteiger partial charge in [-0.2, -0.15) is 0 Å². The van der Waals surface area contributed by atoms with Gasteiger partial charge in [0.15, 0.2) is 0 Å². The molecule has 2 aliphatic heterocycles. The fourth-order valence-corrected chi connectivity index (χ4v) is 5.90. The summed E-state index contributed by atoms with van der Waals surface area (Å²) in [5, 5.41) is 6.66. The van der Waals surface area contributed by atoms with Gasteiger partial charge in [0.05, 0.1) is 24.0 Å². The van der Waals surface area contributed by atoms with Gasteiger partial charge >= 0.3 is 0 Å². The smallest absolute Gasteiger partial charge is 0.251 e. The van der Waals surface area contributed by atoms with Gasteiger partial charge in [-0.15, -0.1) is 0 Å². The number of anilines is 1. The third-order valence-electron chi connectivity index (χ3n) is 9.43. The van der Waals surface area contributed by atoms with Crippen molar-refractivity contribution in [3.63, 3.8) is 0 Å². The van der Waals surface area contributed by atoms with Crippen LogP contribution in [0.15, 0.2) is 59.7 Å². The van der Waals surface area contributed by atoms with E-state index in [-0.39, 0.29) is 30.4 Å². The Kier molecular flexibility index (Phi) is 6.83. The number of halogens is 1. The zero-order valence-corrected chi connectivity index (χ0v) is 25.9. The van der Waals surface area contributed by atoms with Gasteiger partial charge in [-0.1, -0.05) is 17.7 Å². The molecule has 6 rings (SSSR count). The first kappa shape index (κ1) is 29.4. The Morgan fingerprint density at radius 2 is 1.89 bits per heavy atom. The van der Waals surface area contributed by atoms with Crippen LogP contribution in [0.3, 0.4) is 0 Å². The average molecular weight is 597 g/mol. The number of hydrogen-bond acceptors (Lipinski definition) is 6. The minimum Gasteiger partial charge on any atom is -0.495 e. The van der Waals surface area contributed by atoms with E-state index in [2.05, 4.69) is 43.6 Å². The highest BCUT2D eigenvalue weighted by Crippen LogP contribution is 2.48. The molecule has 3 heterocycles. The van der Waals surface area contributed by atoms with Crippen LogP contribution < -0.4 is 25.8 Å². The van der Waals surface area contributed by atoms with Crippen molar-refractivity contribution in [1.82, 2.24) is 10.3 Å². The lowest BCUT2D eigenvalue weighted by Crippen LogP contribution is -2.41. The van der Waals surface area contributed by atoms with E-state index in [1.807, 2.05) is 19.1 Å². The SMILES string of the molecule is COc1cc(C(=O)NC[C@@](C)(C2=CC2)c2cc3c(c(-c4ccc(F)cc4)n2)OC[C@]3(C)C(N)=O)cc2c1NC(C)(C)C(C)=C2. The van der Waals surface area contributed by atoms with Crippen molar-refractivity contribution in [2.24, 2.45) is 5.73 Å². The molecule has 2 aromatic carbocycles. The molecule has 3 aromatic rings. The van der Waals surface area contributed by atoms with Crippen LogP contribution >= 0.6 is 0 Å². The third kappa shape index (κ3) is 4.80. The number of primary amides is 1. The quantitative estimate of drug-likeness (QED) is 0.289. The van der Waals surface area contributed by atoms with Gasteiger partial charge in [-0.05, 0) is 89.1 Å². The maximum atomic E-state index is 13.8. The first-order chi connectivity index (χ1) is 20.8. The van der Waals surface area contributed by atoms with E-state index in [0.29, 0.717) is 39.6 Å². The predicted octanol–water partition coefficient (Wildman–Crippen LogP) is 5.66. The molecule has 44 heavy (non-hydrogen) atoms. The van der Waals surface area contributed by atoms with Crippen LogP contribution in [0.25, 0.3) is 17.3 Å². The molecule has 228 valence electrons. The number of pyridine rings is 1. The van der Waals surface area contributed by atoms with E-state index < -0.39 is 16.7 Å². The molecule has 9 heteroatoms.